The average Bonchev–Trinajstić information content (AvgIpc) is 3.28. The fraction of sp³-hybridized carbons (Fsp3) is 0.316. The van der Waals surface area contributed by atoms with Crippen molar-refractivity contribution in [3.05, 3.63) is 51.7 Å². The summed E-state index contributed by atoms with van der Waals surface area (Å²) in [6.45, 7) is 2.14. The van der Waals surface area contributed by atoms with E-state index in [0.717, 1.165) is 19.3 Å². The van der Waals surface area contributed by atoms with Crippen LogP contribution in [0.3, 0.4) is 0 Å². The molecule has 0 aliphatic carbocycles. The number of rotatable bonds is 3. The number of hydrogen-bond acceptors (Lipinski definition) is 4. The maximum Gasteiger partial charge on any atom is 0.264 e. The van der Waals surface area contributed by atoms with Gasteiger partial charge in [-0.05, 0) is 56.5 Å². The molecule has 0 spiro atoms. The van der Waals surface area contributed by atoms with Crippen molar-refractivity contribution in [3.63, 3.8) is 0 Å². The molecule has 1 amide bonds. The molecule has 1 N–H and O–H groups in total. The van der Waals surface area contributed by atoms with Gasteiger partial charge in [0.15, 0.2) is 5.78 Å². The van der Waals surface area contributed by atoms with E-state index in [4.69, 9.17) is 0 Å². The number of H-pyrrole nitrogens is 1. The molecule has 0 saturated carbocycles. The van der Waals surface area contributed by atoms with Crippen molar-refractivity contribution in [1.82, 2.24) is 14.9 Å². The first-order chi connectivity index (χ1) is 12.5. The number of Topliss-reactive ketones (excluding diaryl/α,β-unsaturated/α-hetero) is 1. The summed E-state index contributed by atoms with van der Waals surface area (Å²) in [5, 5.41) is 0. The van der Waals surface area contributed by atoms with Crippen LogP contribution in [-0.2, 0) is 0 Å². The van der Waals surface area contributed by atoms with E-state index in [1.54, 1.807) is 18.2 Å². The zero-order valence-electron chi connectivity index (χ0n) is 14.3. The molecule has 1 fully saturated rings. The molecular formula is C19H18FN3O2S. The Morgan fingerprint density at radius 3 is 2.81 bits per heavy atom. The standard InChI is InChI=1S/C19H18FN3O2S/c1-11(24)16-7-8-17(26-16)19(25)23-9-3-2-4-15(23)18-21-13-6-5-12(20)10-14(13)22-18/h5-8,10,15H,2-4,9H2,1H3,(H,21,22)/t15-/m0/s1. The number of likely N-dealkylation sites (tertiary alicyclic amines) is 1. The minimum atomic E-state index is -0.320. The van der Waals surface area contributed by atoms with Crippen molar-refractivity contribution in [2.24, 2.45) is 0 Å². The highest BCUT2D eigenvalue weighted by Gasteiger charge is 2.31. The highest BCUT2D eigenvalue weighted by molar-refractivity contribution is 7.15. The number of carbonyl (C=O) groups excluding carboxylic acids is 2. The number of fused-ring (bicyclic) bond motifs is 1. The minimum Gasteiger partial charge on any atom is -0.340 e. The molecule has 3 heterocycles. The van der Waals surface area contributed by atoms with E-state index >= 15 is 0 Å². The van der Waals surface area contributed by atoms with Crippen LogP contribution in [0.15, 0.2) is 30.3 Å². The molecule has 26 heavy (non-hydrogen) atoms. The van der Waals surface area contributed by atoms with E-state index in [1.165, 1.54) is 30.4 Å². The quantitative estimate of drug-likeness (QED) is 0.697. The lowest BCUT2D eigenvalue weighted by atomic mass is 10.0. The summed E-state index contributed by atoms with van der Waals surface area (Å²) in [6.07, 6.45) is 2.74. The Labute approximate surface area is 153 Å². The van der Waals surface area contributed by atoms with Crippen LogP contribution in [0.2, 0.25) is 0 Å². The molecule has 0 bridgehead atoms. The van der Waals surface area contributed by atoms with Gasteiger partial charge in [0, 0.05) is 6.54 Å². The lowest BCUT2D eigenvalue weighted by Gasteiger charge is -2.34. The van der Waals surface area contributed by atoms with Crippen LogP contribution in [0.25, 0.3) is 11.0 Å². The molecule has 3 aromatic rings. The zero-order chi connectivity index (χ0) is 18.3. The first kappa shape index (κ1) is 16.9. The SMILES string of the molecule is CC(=O)c1ccc(C(=O)N2CCCC[C@H]2c2nc3ccc(F)cc3[nH]2)s1. The summed E-state index contributed by atoms with van der Waals surface area (Å²) in [7, 11) is 0. The summed E-state index contributed by atoms with van der Waals surface area (Å²) >= 11 is 1.23. The second kappa shape index (κ2) is 6.64. The molecule has 1 aliphatic heterocycles. The first-order valence-electron chi connectivity index (χ1n) is 8.60. The molecule has 1 aromatic carbocycles. The third-order valence-corrected chi connectivity index (χ3v) is 5.88. The van der Waals surface area contributed by atoms with Crippen molar-refractivity contribution < 1.29 is 14.0 Å². The number of halogens is 1. The third-order valence-electron chi connectivity index (χ3n) is 4.71. The van der Waals surface area contributed by atoms with E-state index in [2.05, 4.69) is 9.97 Å². The van der Waals surface area contributed by atoms with Gasteiger partial charge in [-0.3, -0.25) is 9.59 Å². The monoisotopic (exact) mass is 371 g/mol. The summed E-state index contributed by atoms with van der Waals surface area (Å²) in [5.74, 6) is 0.240. The van der Waals surface area contributed by atoms with Crippen LogP contribution in [0.5, 0.6) is 0 Å². The number of aromatic amines is 1. The van der Waals surface area contributed by atoms with Crippen LogP contribution in [0.4, 0.5) is 4.39 Å². The number of hydrogen-bond donors (Lipinski definition) is 1. The van der Waals surface area contributed by atoms with E-state index < -0.39 is 0 Å². The smallest absolute Gasteiger partial charge is 0.264 e. The predicted octanol–water partition coefficient (Wildman–Crippen LogP) is 4.33. The topological polar surface area (TPSA) is 66.1 Å². The first-order valence-corrected chi connectivity index (χ1v) is 9.41. The maximum atomic E-state index is 13.4. The van der Waals surface area contributed by atoms with Gasteiger partial charge in [0.25, 0.3) is 5.91 Å². The second-order valence-corrected chi connectivity index (χ2v) is 7.60. The Bertz CT molecular complexity index is 994. The van der Waals surface area contributed by atoms with Gasteiger partial charge in [0.05, 0.1) is 26.8 Å². The highest BCUT2D eigenvalue weighted by atomic mass is 32.1. The summed E-state index contributed by atoms with van der Waals surface area (Å²) < 4.78 is 13.4. The number of benzene rings is 1. The van der Waals surface area contributed by atoms with Crippen LogP contribution in [0.1, 0.15) is 57.4 Å². The lowest BCUT2D eigenvalue weighted by molar-refractivity contribution is 0.0606. The van der Waals surface area contributed by atoms with Gasteiger partial charge in [0.1, 0.15) is 11.6 Å². The van der Waals surface area contributed by atoms with Crippen molar-refractivity contribution in [1.29, 1.82) is 0 Å². The fourth-order valence-corrected chi connectivity index (χ4v) is 4.26. The molecule has 0 radical (unpaired) electrons. The summed E-state index contributed by atoms with van der Waals surface area (Å²) in [5.41, 5.74) is 1.32. The molecule has 134 valence electrons. The molecule has 7 heteroatoms. The van der Waals surface area contributed by atoms with Gasteiger partial charge in [-0.15, -0.1) is 11.3 Å². The van der Waals surface area contributed by atoms with E-state index in [1.807, 2.05) is 4.90 Å². The second-order valence-electron chi connectivity index (χ2n) is 6.51. The van der Waals surface area contributed by atoms with Crippen molar-refractivity contribution in [2.75, 3.05) is 6.54 Å². The van der Waals surface area contributed by atoms with Crippen LogP contribution >= 0.6 is 11.3 Å². The number of aromatic nitrogens is 2. The Kier molecular flexibility index (Phi) is 4.32. The van der Waals surface area contributed by atoms with Crippen molar-refractivity contribution in [2.45, 2.75) is 32.2 Å². The fourth-order valence-electron chi connectivity index (χ4n) is 3.40. The molecule has 2 aromatic heterocycles. The number of imidazole rings is 1. The molecule has 1 aliphatic rings. The molecule has 0 unspecified atom stereocenters. The number of carbonyl (C=O) groups is 2. The number of nitrogens with one attached hydrogen (secondary N) is 1. The van der Waals surface area contributed by atoms with Crippen LogP contribution < -0.4 is 0 Å². The van der Waals surface area contributed by atoms with Gasteiger partial charge in [-0.25, -0.2) is 9.37 Å². The van der Waals surface area contributed by atoms with Gasteiger partial charge in [-0.2, -0.15) is 0 Å². The number of ketones is 1. The number of thiophene rings is 1. The molecule has 1 saturated heterocycles. The van der Waals surface area contributed by atoms with Crippen LogP contribution in [0, 0.1) is 5.82 Å². The van der Waals surface area contributed by atoms with Gasteiger partial charge in [-0.1, -0.05) is 0 Å². The van der Waals surface area contributed by atoms with Crippen molar-refractivity contribution in [3.8, 4) is 0 Å². The Morgan fingerprint density at radius 1 is 1.23 bits per heavy atom. The molecule has 1 atom stereocenters. The number of nitrogens with zero attached hydrogens (tertiary/aromatic N) is 2. The number of amides is 1. The largest absolute Gasteiger partial charge is 0.340 e. The molecule has 4 rings (SSSR count). The Morgan fingerprint density at radius 2 is 2.04 bits per heavy atom. The van der Waals surface area contributed by atoms with E-state index in [-0.39, 0.29) is 23.5 Å². The van der Waals surface area contributed by atoms with Crippen molar-refractivity contribution >= 4 is 34.1 Å². The third kappa shape index (κ3) is 3.03. The minimum absolute atomic E-state index is 0.0384. The van der Waals surface area contributed by atoms with Gasteiger partial charge < -0.3 is 9.88 Å². The van der Waals surface area contributed by atoms with Gasteiger partial charge >= 0.3 is 0 Å². The zero-order valence-corrected chi connectivity index (χ0v) is 15.1. The van der Waals surface area contributed by atoms with Crippen LogP contribution in [-0.4, -0.2) is 33.1 Å². The van der Waals surface area contributed by atoms with E-state index in [9.17, 15) is 14.0 Å². The number of piperidine rings is 1. The molecule has 5 nitrogen and oxygen atoms in total. The Balaban J connectivity index is 1.66. The van der Waals surface area contributed by atoms with Gasteiger partial charge in [0.2, 0.25) is 0 Å². The lowest BCUT2D eigenvalue weighted by Crippen LogP contribution is -2.38. The summed E-state index contributed by atoms with van der Waals surface area (Å²) in [4.78, 5) is 35.2. The summed E-state index contributed by atoms with van der Waals surface area (Å²) in [6, 6.07) is 7.67. The normalized spacial score (nSPS) is 17.6. The molecular weight excluding hydrogens is 353 g/mol. The highest BCUT2D eigenvalue weighted by Crippen LogP contribution is 2.33. The maximum absolute atomic E-state index is 13.4. The Hall–Kier alpha value is -2.54. The average molecular weight is 371 g/mol. The van der Waals surface area contributed by atoms with E-state index in [0.29, 0.717) is 33.2 Å². The predicted molar refractivity (Wildman–Crippen MR) is 98.0 cm³/mol.